The highest BCUT2D eigenvalue weighted by molar-refractivity contribution is 6.02. The van der Waals surface area contributed by atoms with Crippen LogP contribution >= 0.6 is 0 Å². The van der Waals surface area contributed by atoms with Crippen molar-refractivity contribution in [1.29, 1.82) is 0 Å². The van der Waals surface area contributed by atoms with E-state index in [1.54, 1.807) is 24.3 Å². The van der Waals surface area contributed by atoms with E-state index < -0.39 is 12.6 Å². The zero-order chi connectivity index (χ0) is 20.8. The van der Waals surface area contributed by atoms with Crippen LogP contribution < -0.4 is 5.32 Å². The molecular weight excluding hydrogens is 370 g/mol. The van der Waals surface area contributed by atoms with Crippen LogP contribution in [0.3, 0.4) is 0 Å². The fourth-order valence-corrected chi connectivity index (χ4v) is 2.87. The molecule has 0 radical (unpaired) electrons. The Bertz CT molecular complexity index is 1060. The van der Waals surface area contributed by atoms with Gasteiger partial charge in [0, 0.05) is 17.7 Å². The summed E-state index contributed by atoms with van der Waals surface area (Å²) in [7, 11) is 0. The maximum Gasteiger partial charge on any atom is 0.342 e. The highest BCUT2D eigenvalue weighted by Crippen LogP contribution is 2.25. The lowest BCUT2D eigenvalue weighted by Gasteiger charge is -2.08. The van der Waals surface area contributed by atoms with Gasteiger partial charge in [0.2, 0.25) is 5.91 Å². The molecule has 148 valence electrons. The van der Waals surface area contributed by atoms with Gasteiger partial charge >= 0.3 is 5.97 Å². The molecule has 6 heteroatoms. The van der Waals surface area contributed by atoms with Crippen molar-refractivity contribution < 1.29 is 24.2 Å². The second kappa shape index (κ2) is 9.01. The number of nitrogens with one attached hydrogen (secondary N) is 1. The predicted octanol–water partition coefficient (Wildman–Crippen LogP) is 4.32. The lowest BCUT2D eigenvalue weighted by Crippen LogP contribution is -2.15. The van der Waals surface area contributed by atoms with Crippen molar-refractivity contribution >= 4 is 34.1 Å². The van der Waals surface area contributed by atoms with Gasteiger partial charge in [0.15, 0.2) is 12.4 Å². The van der Waals surface area contributed by atoms with E-state index in [4.69, 9.17) is 4.74 Å². The number of carbonyl (C=O) groups is 3. The van der Waals surface area contributed by atoms with Gasteiger partial charge in [-0.15, -0.1) is 0 Å². The maximum absolute atomic E-state index is 12.3. The van der Waals surface area contributed by atoms with Crippen LogP contribution in [0.25, 0.3) is 10.8 Å². The van der Waals surface area contributed by atoms with E-state index in [-0.39, 0.29) is 23.0 Å². The third-order valence-electron chi connectivity index (χ3n) is 4.39. The van der Waals surface area contributed by atoms with E-state index in [2.05, 4.69) is 5.32 Å². The highest BCUT2D eigenvalue weighted by atomic mass is 16.5. The van der Waals surface area contributed by atoms with Gasteiger partial charge in [-0.25, -0.2) is 4.79 Å². The Kier molecular flexibility index (Phi) is 6.24. The number of amides is 1. The molecule has 3 aromatic carbocycles. The Morgan fingerprint density at radius 2 is 1.62 bits per heavy atom. The molecule has 0 saturated carbocycles. The number of anilines is 1. The number of phenols is 1. The summed E-state index contributed by atoms with van der Waals surface area (Å²) in [5.74, 6) is -1.45. The van der Waals surface area contributed by atoms with E-state index in [0.717, 1.165) is 17.2 Å². The van der Waals surface area contributed by atoms with Crippen molar-refractivity contribution in [3.05, 3.63) is 71.8 Å². The molecule has 0 spiro atoms. The van der Waals surface area contributed by atoms with Gasteiger partial charge in [0.25, 0.3) is 0 Å². The normalized spacial score (nSPS) is 10.5. The monoisotopic (exact) mass is 391 g/mol. The first-order chi connectivity index (χ1) is 14.0. The number of fused-ring (bicyclic) bond motifs is 1. The molecule has 0 aliphatic heterocycles. The number of benzene rings is 3. The minimum absolute atomic E-state index is 0.00508. The molecule has 0 unspecified atom stereocenters. The number of hydrogen-bond acceptors (Lipinski definition) is 5. The maximum atomic E-state index is 12.3. The summed E-state index contributed by atoms with van der Waals surface area (Å²) in [5.41, 5.74) is 0.956. The molecular formula is C23H21NO5. The molecule has 0 bridgehead atoms. The number of hydrogen-bond donors (Lipinski definition) is 2. The molecule has 0 fully saturated rings. The largest absolute Gasteiger partial charge is 0.507 e. The average molecular weight is 391 g/mol. The second-order valence-electron chi connectivity index (χ2n) is 6.59. The number of phenolic OH excluding ortho intramolecular Hbond substituents is 1. The van der Waals surface area contributed by atoms with Crippen LogP contribution in [0, 0.1) is 0 Å². The van der Waals surface area contributed by atoms with Crippen molar-refractivity contribution in [1.82, 2.24) is 0 Å². The first kappa shape index (κ1) is 20.1. The highest BCUT2D eigenvalue weighted by Gasteiger charge is 2.16. The Morgan fingerprint density at radius 1 is 0.966 bits per heavy atom. The Balaban J connectivity index is 1.62. The third kappa shape index (κ3) is 4.99. The molecule has 0 aromatic heterocycles. The standard InChI is InChI=1S/C23H21NO5/c1-2-5-22(27)24-18-10-8-15(9-11-18)21(26)14-29-23(28)19-12-16-6-3-4-7-17(16)13-20(19)25/h3-4,6-13,25H,2,5,14H2,1H3,(H,24,27). The number of ether oxygens (including phenoxy) is 1. The topological polar surface area (TPSA) is 92.7 Å². The average Bonchev–Trinajstić information content (AvgIpc) is 2.72. The summed E-state index contributed by atoms with van der Waals surface area (Å²) in [6, 6.07) is 16.7. The quantitative estimate of drug-likeness (QED) is 0.462. The van der Waals surface area contributed by atoms with Crippen LogP contribution in [0.2, 0.25) is 0 Å². The van der Waals surface area contributed by atoms with E-state index in [9.17, 15) is 19.5 Å². The van der Waals surface area contributed by atoms with E-state index in [0.29, 0.717) is 17.7 Å². The number of rotatable bonds is 7. The molecule has 6 nitrogen and oxygen atoms in total. The number of aromatic hydroxyl groups is 1. The van der Waals surface area contributed by atoms with Crippen molar-refractivity contribution in [2.75, 3.05) is 11.9 Å². The second-order valence-corrected chi connectivity index (χ2v) is 6.59. The van der Waals surface area contributed by atoms with Gasteiger partial charge in [-0.3, -0.25) is 9.59 Å². The van der Waals surface area contributed by atoms with Crippen molar-refractivity contribution in [3.8, 4) is 5.75 Å². The van der Waals surface area contributed by atoms with Gasteiger partial charge in [0.05, 0.1) is 0 Å². The number of carbonyl (C=O) groups excluding carboxylic acids is 3. The van der Waals surface area contributed by atoms with Crippen LogP contribution in [0.1, 0.15) is 40.5 Å². The molecule has 0 aliphatic rings. The first-order valence-electron chi connectivity index (χ1n) is 9.30. The summed E-state index contributed by atoms with van der Waals surface area (Å²) < 4.78 is 5.08. The molecule has 2 N–H and O–H groups in total. The smallest absolute Gasteiger partial charge is 0.342 e. The van der Waals surface area contributed by atoms with E-state index in [1.165, 1.54) is 12.1 Å². The number of Topliss-reactive ketones (excluding diaryl/α,β-unsaturated/α-hetero) is 1. The van der Waals surface area contributed by atoms with Gasteiger partial charge in [-0.2, -0.15) is 0 Å². The minimum Gasteiger partial charge on any atom is -0.507 e. The van der Waals surface area contributed by atoms with Crippen molar-refractivity contribution in [2.45, 2.75) is 19.8 Å². The predicted molar refractivity (Wildman–Crippen MR) is 110 cm³/mol. The SMILES string of the molecule is CCCC(=O)Nc1ccc(C(=O)COC(=O)c2cc3ccccc3cc2O)cc1. The molecule has 0 aliphatic carbocycles. The Labute approximate surface area is 168 Å². The molecule has 0 atom stereocenters. The molecule has 0 saturated heterocycles. The van der Waals surface area contributed by atoms with Gasteiger partial charge < -0.3 is 15.2 Å². The lowest BCUT2D eigenvalue weighted by molar-refractivity contribution is -0.116. The third-order valence-corrected chi connectivity index (χ3v) is 4.39. The Morgan fingerprint density at radius 3 is 2.28 bits per heavy atom. The zero-order valence-corrected chi connectivity index (χ0v) is 16.0. The fraction of sp³-hybridized carbons (Fsp3) is 0.174. The van der Waals surface area contributed by atoms with Gasteiger partial charge in [-0.05, 0) is 53.6 Å². The zero-order valence-electron chi connectivity index (χ0n) is 16.0. The van der Waals surface area contributed by atoms with Crippen molar-refractivity contribution in [2.24, 2.45) is 0 Å². The minimum atomic E-state index is -0.773. The van der Waals surface area contributed by atoms with Gasteiger partial charge in [-0.1, -0.05) is 31.2 Å². The molecule has 3 aromatic rings. The fourth-order valence-electron chi connectivity index (χ4n) is 2.87. The number of ketones is 1. The van der Waals surface area contributed by atoms with Gasteiger partial charge in [0.1, 0.15) is 11.3 Å². The summed E-state index contributed by atoms with van der Waals surface area (Å²) in [4.78, 5) is 36.2. The van der Waals surface area contributed by atoms with Crippen molar-refractivity contribution in [3.63, 3.8) is 0 Å². The first-order valence-corrected chi connectivity index (χ1v) is 9.30. The van der Waals surface area contributed by atoms with Crippen LogP contribution in [-0.2, 0) is 9.53 Å². The molecule has 29 heavy (non-hydrogen) atoms. The molecule has 1 amide bonds. The summed E-state index contributed by atoms with van der Waals surface area (Å²) in [6.07, 6.45) is 1.18. The van der Waals surface area contributed by atoms with Crippen LogP contribution in [0.5, 0.6) is 5.75 Å². The number of esters is 1. The van der Waals surface area contributed by atoms with Crippen LogP contribution in [0.15, 0.2) is 60.7 Å². The van der Waals surface area contributed by atoms with Crippen LogP contribution in [0.4, 0.5) is 5.69 Å². The summed E-state index contributed by atoms with van der Waals surface area (Å²) in [5, 5.41) is 14.4. The molecule has 0 heterocycles. The Hall–Kier alpha value is -3.67. The van der Waals surface area contributed by atoms with Crippen LogP contribution in [-0.4, -0.2) is 29.4 Å². The van der Waals surface area contributed by atoms with E-state index >= 15 is 0 Å². The summed E-state index contributed by atoms with van der Waals surface area (Å²) in [6.45, 7) is 1.47. The van der Waals surface area contributed by atoms with E-state index in [1.807, 2.05) is 31.2 Å². The summed E-state index contributed by atoms with van der Waals surface area (Å²) >= 11 is 0. The molecule has 3 rings (SSSR count). The lowest BCUT2D eigenvalue weighted by atomic mass is 10.1.